The summed E-state index contributed by atoms with van der Waals surface area (Å²) in [4.78, 5) is 11.6. The molecule has 0 unspecified atom stereocenters. The van der Waals surface area contributed by atoms with Gasteiger partial charge in [-0.15, -0.1) is 4.98 Å². The zero-order valence-corrected chi connectivity index (χ0v) is 66.0. The van der Waals surface area contributed by atoms with Gasteiger partial charge in [0.2, 0.25) is 0 Å². The third-order valence-electron chi connectivity index (χ3n) is 13.9. The monoisotopic (exact) mass is 1520 g/mol. The molecule has 0 atom stereocenters. The average molecular weight is 1520 g/mol. The molecule has 0 amide bonds. The molecule has 10 rings (SSSR count). The molecule has 0 spiro atoms. The smallest absolute Gasteiger partial charge is 0.512 e. The first-order valence-electron chi connectivity index (χ1n) is 28.9. The number of benzene rings is 8. The molecular weight excluding hydrogens is 1430 g/mol. The van der Waals surface area contributed by atoms with E-state index in [0.29, 0.717) is 19.0 Å². The van der Waals surface area contributed by atoms with Crippen molar-refractivity contribution in [1.82, 2.24) is 9.97 Å². The van der Waals surface area contributed by atoms with Crippen molar-refractivity contribution in [3.63, 3.8) is 0 Å². The van der Waals surface area contributed by atoms with E-state index in [1.807, 2.05) is 24.3 Å². The van der Waals surface area contributed by atoms with Gasteiger partial charge in [0.05, 0.1) is 13.2 Å². The van der Waals surface area contributed by atoms with Crippen molar-refractivity contribution < 1.29 is 48.8 Å². The molecule has 2 aromatic heterocycles. The Kier molecular flexibility index (Phi) is 43.3. The normalized spacial score (nSPS) is 10.2. The largest absolute Gasteiger partial charge is 2.00 e. The first-order valence-corrected chi connectivity index (χ1v) is 39.5. The minimum Gasteiger partial charge on any atom is -0.512 e. The standard InChI is InChI=1S/C13H20N2OSi.C12H20BrNOSi.4C12H11P.2CN.Pd.Zn/c1-13(2,3)17(5,6)16-10-11-8-7-9-15-12(11)14-4;1-12(2,3)16(4,5)15-9-10-7-6-8-14-11(10)13;4*1-3-7-11(8-4-1)13-12-9-5-2-6-10-12;2*1-2;;/h7-9H,10H2,1-3,5-6H3;6-8H,9H2,1-5H3;4*1-10,13H;;;;/q;;;;;;2*-1;;+2. The second-order valence-corrected chi connectivity index (χ2v) is 38.6. The van der Waals surface area contributed by atoms with Crippen molar-refractivity contribution >= 4 is 115 Å². The summed E-state index contributed by atoms with van der Waals surface area (Å²) in [6, 6.07) is 92.3. The maximum atomic E-state index is 7.06. The van der Waals surface area contributed by atoms with Gasteiger partial charge in [-0.2, -0.15) is 0 Å². The maximum Gasteiger partial charge on any atom is 2.00 e. The van der Waals surface area contributed by atoms with E-state index >= 15 is 0 Å². The Bertz CT molecular complexity index is 3080. The van der Waals surface area contributed by atoms with Crippen molar-refractivity contribution in [2.45, 2.75) is 91.0 Å². The van der Waals surface area contributed by atoms with Gasteiger partial charge >= 0.3 is 19.5 Å². The first-order chi connectivity index (χ1) is 42.8. The van der Waals surface area contributed by atoms with Crippen LogP contribution in [0.4, 0.5) is 5.82 Å². The molecule has 0 bridgehead atoms. The summed E-state index contributed by atoms with van der Waals surface area (Å²) in [5, 5.41) is 24.1. The molecule has 0 aliphatic carbocycles. The Morgan fingerprint density at radius 2 is 0.582 bits per heavy atom. The topological polar surface area (TPSA) is 96.2 Å². The molecule has 468 valence electrons. The molecule has 8 aromatic carbocycles. The fraction of sp³-hybridized carbons (Fsp3) is 0.187. The van der Waals surface area contributed by atoms with Gasteiger partial charge in [-0.1, -0.05) is 337 Å². The van der Waals surface area contributed by atoms with Gasteiger partial charge in [0, 0.05) is 37.7 Å². The third-order valence-corrected chi connectivity index (χ3v) is 28.6. The molecule has 10 aromatic rings. The van der Waals surface area contributed by atoms with Crippen LogP contribution in [0, 0.1) is 30.2 Å². The summed E-state index contributed by atoms with van der Waals surface area (Å²) in [7, 11) is -0.306. The van der Waals surface area contributed by atoms with Crippen LogP contribution in [0.1, 0.15) is 52.7 Å². The molecule has 7 nitrogen and oxygen atoms in total. The fourth-order valence-corrected chi connectivity index (χ4v) is 13.4. The Morgan fingerprint density at radius 3 is 0.791 bits per heavy atom. The zero-order chi connectivity index (χ0) is 65.2. The van der Waals surface area contributed by atoms with Gasteiger partial charge in [0.15, 0.2) is 16.6 Å². The molecule has 2 heterocycles. The number of rotatable bonds is 14. The van der Waals surface area contributed by atoms with Crippen molar-refractivity contribution in [2.24, 2.45) is 0 Å². The van der Waals surface area contributed by atoms with E-state index in [2.05, 4.69) is 341 Å². The van der Waals surface area contributed by atoms with Gasteiger partial charge in [-0.3, -0.25) is 0 Å². The van der Waals surface area contributed by atoms with Crippen LogP contribution in [0.2, 0.25) is 36.3 Å². The average Bonchev–Trinajstić information content (AvgIpc) is 2.58. The van der Waals surface area contributed by atoms with Crippen LogP contribution in [0.25, 0.3) is 4.85 Å². The predicted octanol–water partition coefficient (Wildman–Crippen LogP) is 18.0. The molecule has 16 heteroatoms. The number of hydrogen-bond donors (Lipinski definition) is 0. The van der Waals surface area contributed by atoms with E-state index in [4.69, 9.17) is 39.1 Å². The number of aromatic nitrogens is 2. The molecule has 0 saturated heterocycles. The van der Waals surface area contributed by atoms with Gasteiger partial charge in [-0.25, -0.2) is 4.98 Å². The van der Waals surface area contributed by atoms with E-state index in [1.165, 1.54) is 42.4 Å². The Morgan fingerprint density at radius 1 is 0.374 bits per heavy atom. The molecule has 0 fully saturated rings. The van der Waals surface area contributed by atoms with Crippen LogP contribution in [0.5, 0.6) is 0 Å². The van der Waals surface area contributed by atoms with Crippen molar-refractivity contribution in [3.05, 3.63) is 320 Å². The molecule has 0 aliphatic rings. The summed E-state index contributed by atoms with van der Waals surface area (Å²) in [5.41, 5.74) is 2.00. The first kappa shape index (κ1) is 83.4. The van der Waals surface area contributed by atoms with Crippen LogP contribution >= 0.6 is 50.3 Å². The second-order valence-electron chi connectivity index (χ2n) is 22.6. The van der Waals surface area contributed by atoms with E-state index < -0.39 is 16.6 Å². The maximum absolute atomic E-state index is 7.06. The molecule has 0 saturated carbocycles. The third kappa shape index (κ3) is 34.7. The van der Waals surface area contributed by atoms with Crippen LogP contribution in [-0.2, 0) is 62.0 Å². The Labute approximate surface area is 589 Å². The van der Waals surface area contributed by atoms with E-state index in [9.17, 15) is 0 Å². The van der Waals surface area contributed by atoms with Crippen LogP contribution < -0.4 is 42.4 Å². The van der Waals surface area contributed by atoms with Gasteiger partial charge in [0.25, 0.3) is 5.82 Å². The number of nitrogens with zero attached hydrogens (tertiary/aromatic N) is 5. The number of halogens is 1. The van der Waals surface area contributed by atoms with Crippen molar-refractivity contribution in [2.75, 3.05) is 0 Å². The van der Waals surface area contributed by atoms with E-state index in [0.717, 1.165) is 50.1 Å². The molecule has 0 aliphatic heterocycles. The fourth-order valence-electron chi connectivity index (χ4n) is 6.96. The summed E-state index contributed by atoms with van der Waals surface area (Å²) < 4.78 is 13.1. The minimum atomic E-state index is -1.75. The summed E-state index contributed by atoms with van der Waals surface area (Å²) in [6.45, 7) is 40.0. The predicted molar refractivity (Wildman–Crippen MR) is 398 cm³/mol. The van der Waals surface area contributed by atoms with Crippen molar-refractivity contribution in [3.8, 4) is 0 Å². The van der Waals surface area contributed by atoms with Crippen LogP contribution in [0.15, 0.2) is 284 Å². The molecule has 91 heavy (non-hydrogen) atoms. The SMILES string of the molecule is CC(C)(C)[Si](C)(C)OCc1cccnc1Br.[C-]#N.[C-]#N.[C-]#[N+]c1ncccc1CO[Si](C)(C)C(C)(C)C.[Pd].[Zn+2].c1ccc(Pc2ccccc2)cc1.c1ccc(Pc2ccccc2)cc1.c1ccc(Pc2ccccc2)cc1.c1ccc(Pc2ccccc2)cc1. The Hall–Kier alpha value is -5.63. The summed E-state index contributed by atoms with van der Waals surface area (Å²) >= 11 is 3.44. The van der Waals surface area contributed by atoms with Gasteiger partial charge in [0.1, 0.15) is 10.8 Å². The zero-order valence-electron chi connectivity index (χ0n) is 53.9. The molecule has 0 radical (unpaired) electrons. The number of pyridine rings is 2. The van der Waals surface area contributed by atoms with E-state index in [1.54, 1.807) is 12.4 Å². The van der Waals surface area contributed by atoms with Gasteiger partial charge in [-0.05, 0) is 107 Å². The summed E-state index contributed by atoms with van der Waals surface area (Å²) in [6.07, 6.45) is 3.42. The number of hydrogen-bond acceptors (Lipinski definition) is 6. The van der Waals surface area contributed by atoms with Crippen LogP contribution in [-0.4, -0.2) is 26.6 Å². The van der Waals surface area contributed by atoms with E-state index in [-0.39, 0.29) is 50.0 Å². The summed E-state index contributed by atoms with van der Waals surface area (Å²) in [5.74, 6) is 0.450. The molecule has 0 N–H and O–H groups in total. The quantitative estimate of drug-likeness (QED) is 0.0466. The molecular formula is C75H84BrN5O2P4PdSi2Zn. The Balaban J connectivity index is 0.000000538. The second kappa shape index (κ2) is 47.3. The van der Waals surface area contributed by atoms with Crippen LogP contribution in [0.3, 0.4) is 0 Å². The minimum absolute atomic E-state index is 0. The van der Waals surface area contributed by atoms with Crippen molar-refractivity contribution in [1.29, 1.82) is 10.5 Å². The van der Waals surface area contributed by atoms with Gasteiger partial charge < -0.3 is 37.4 Å².